The van der Waals surface area contributed by atoms with Crippen molar-refractivity contribution in [2.24, 2.45) is 11.8 Å². The van der Waals surface area contributed by atoms with Crippen molar-refractivity contribution in [2.75, 3.05) is 7.11 Å². The standard InChI is InChI=1S/C22H38N2O6/c1-13(23-19(26)29-21(2,3)4)16(18(25)28-8)12-17-14-9-10-15(11-14)24(17)20(27)30-22(5,6)7/h13-17H,9-12H2,1-8H3,(H,23,26)/t13-,14+,15-,16?,17-/m1/s1. The summed E-state index contributed by atoms with van der Waals surface area (Å²) in [6.45, 7) is 12.6. The van der Waals surface area contributed by atoms with Gasteiger partial charge in [0.1, 0.15) is 11.2 Å². The van der Waals surface area contributed by atoms with Gasteiger partial charge < -0.3 is 24.4 Å². The molecule has 1 aliphatic heterocycles. The lowest BCUT2D eigenvalue weighted by Gasteiger charge is -2.38. The summed E-state index contributed by atoms with van der Waals surface area (Å²) < 4.78 is 16.0. The zero-order chi connectivity index (χ0) is 22.9. The second-order valence-electron chi connectivity index (χ2n) is 10.5. The predicted molar refractivity (Wildman–Crippen MR) is 112 cm³/mol. The van der Waals surface area contributed by atoms with Gasteiger partial charge in [-0.25, -0.2) is 9.59 Å². The Labute approximate surface area is 180 Å². The van der Waals surface area contributed by atoms with E-state index in [2.05, 4.69) is 5.32 Å². The molecule has 5 atom stereocenters. The minimum atomic E-state index is -0.636. The lowest BCUT2D eigenvalue weighted by molar-refractivity contribution is -0.147. The van der Waals surface area contributed by atoms with E-state index in [1.165, 1.54) is 7.11 Å². The summed E-state index contributed by atoms with van der Waals surface area (Å²) in [5.41, 5.74) is -1.22. The quantitative estimate of drug-likeness (QED) is 0.530. The number of nitrogens with zero attached hydrogens (tertiary/aromatic N) is 1. The van der Waals surface area contributed by atoms with Crippen LogP contribution in [0.5, 0.6) is 0 Å². The number of carbonyl (C=O) groups is 3. The summed E-state index contributed by atoms with van der Waals surface area (Å²) in [6, 6.07) is -0.486. The van der Waals surface area contributed by atoms with Crippen LogP contribution in [0.3, 0.4) is 0 Å². The zero-order valence-corrected chi connectivity index (χ0v) is 19.6. The number of rotatable bonds is 5. The van der Waals surface area contributed by atoms with Gasteiger partial charge in [0.15, 0.2) is 0 Å². The van der Waals surface area contributed by atoms with Crippen molar-refractivity contribution in [3.8, 4) is 0 Å². The van der Waals surface area contributed by atoms with Gasteiger partial charge in [0.25, 0.3) is 0 Å². The van der Waals surface area contributed by atoms with Crippen molar-refractivity contribution in [3.05, 3.63) is 0 Å². The van der Waals surface area contributed by atoms with Crippen molar-refractivity contribution in [3.63, 3.8) is 0 Å². The molecule has 0 radical (unpaired) electrons. The highest BCUT2D eigenvalue weighted by atomic mass is 16.6. The predicted octanol–water partition coefficient (Wildman–Crippen LogP) is 3.87. The van der Waals surface area contributed by atoms with Gasteiger partial charge in [0.05, 0.1) is 13.0 Å². The molecule has 1 unspecified atom stereocenters. The Morgan fingerprint density at radius 3 is 2.17 bits per heavy atom. The van der Waals surface area contributed by atoms with Crippen LogP contribution in [0.1, 0.15) is 74.1 Å². The number of alkyl carbamates (subject to hydrolysis) is 1. The summed E-state index contributed by atoms with van der Waals surface area (Å²) in [4.78, 5) is 39.5. The lowest BCUT2D eigenvalue weighted by Crippen LogP contribution is -2.51. The first-order chi connectivity index (χ1) is 13.7. The van der Waals surface area contributed by atoms with E-state index >= 15 is 0 Å². The van der Waals surface area contributed by atoms with Crippen LogP contribution < -0.4 is 5.32 Å². The molecule has 1 saturated heterocycles. The van der Waals surface area contributed by atoms with Crippen LogP contribution in [0, 0.1) is 11.8 Å². The van der Waals surface area contributed by atoms with Crippen LogP contribution in [-0.2, 0) is 19.0 Å². The van der Waals surface area contributed by atoms with Crippen LogP contribution >= 0.6 is 0 Å². The molecule has 2 aliphatic rings. The van der Waals surface area contributed by atoms with Crippen molar-refractivity contribution < 1.29 is 28.6 Å². The van der Waals surface area contributed by atoms with E-state index in [0.717, 1.165) is 19.3 Å². The Hall–Kier alpha value is -1.99. The number of hydrogen-bond donors (Lipinski definition) is 1. The molecule has 0 aromatic heterocycles. The maximum absolute atomic E-state index is 12.9. The average molecular weight is 427 g/mol. The van der Waals surface area contributed by atoms with E-state index < -0.39 is 35.2 Å². The van der Waals surface area contributed by atoms with Gasteiger partial charge in [-0.05, 0) is 80.1 Å². The van der Waals surface area contributed by atoms with Crippen LogP contribution in [0.15, 0.2) is 0 Å². The molecule has 30 heavy (non-hydrogen) atoms. The van der Waals surface area contributed by atoms with E-state index in [4.69, 9.17) is 14.2 Å². The summed E-state index contributed by atoms with van der Waals surface area (Å²) in [6.07, 6.45) is 2.39. The third-order valence-corrected chi connectivity index (χ3v) is 5.69. The number of esters is 1. The Morgan fingerprint density at radius 2 is 1.63 bits per heavy atom. The maximum Gasteiger partial charge on any atom is 0.410 e. The van der Waals surface area contributed by atoms with Crippen LogP contribution in [0.4, 0.5) is 9.59 Å². The molecule has 0 aromatic rings. The van der Waals surface area contributed by atoms with Crippen molar-refractivity contribution in [1.82, 2.24) is 10.2 Å². The summed E-state index contributed by atoms with van der Waals surface area (Å²) in [7, 11) is 1.34. The Bertz CT molecular complexity index is 651. The molecule has 2 amide bonds. The molecule has 172 valence electrons. The van der Waals surface area contributed by atoms with Crippen LogP contribution in [0.25, 0.3) is 0 Å². The van der Waals surface area contributed by atoms with Crippen molar-refractivity contribution >= 4 is 18.2 Å². The number of nitrogens with one attached hydrogen (secondary N) is 1. The average Bonchev–Trinajstić information content (AvgIpc) is 3.16. The first-order valence-corrected chi connectivity index (χ1v) is 10.8. The SMILES string of the molecule is COC(=O)C(C[C@@H]1[C@H]2CC[C@H](C2)N1C(=O)OC(C)(C)C)[C@@H](C)NC(=O)OC(C)(C)C. The zero-order valence-electron chi connectivity index (χ0n) is 19.6. The fraction of sp³-hybridized carbons (Fsp3) is 0.864. The third-order valence-electron chi connectivity index (χ3n) is 5.69. The number of carbonyl (C=O) groups excluding carboxylic acids is 3. The number of likely N-dealkylation sites (tertiary alicyclic amines) is 1. The molecule has 1 heterocycles. The molecular formula is C22H38N2O6. The Balaban J connectivity index is 2.15. The first kappa shape index (κ1) is 24.3. The minimum absolute atomic E-state index is 0.120. The number of amides is 2. The highest BCUT2D eigenvalue weighted by molar-refractivity contribution is 5.75. The minimum Gasteiger partial charge on any atom is -0.469 e. The second kappa shape index (κ2) is 9.02. The number of methoxy groups -OCH3 is 1. The molecule has 2 bridgehead atoms. The fourth-order valence-electron chi connectivity index (χ4n) is 4.51. The van der Waals surface area contributed by atoms with E-state index in [9.17, 15) is 14.4 Å². The Kier molecular flexibility index (Phi) is 7.30. The molecule has 0 aromatic carbocycles. The highest BCUT2D eigenvalue weighted by Crippen LogP contribution is 2.45. The molecule has 1 saturated carbocycles. The van der Waals surface area contributed by atoms with E-state index in [0.29, 0.717) is 12.3 Å². The molecule has 1 aliphatic carbocycles. The van der Waals surface area contributed by atoms with Gasteiger partial charge in [-0.2, -0.15) is 0 Å². The van der Waals surface area contributed by atoms with Gasteiger partial charge >= 0.3 is 18.2 Å². The molecule has 8 heteroatoms. The van der Waals surface area contributed by atoms with E-state index in [1.807, 2.05) is 25.7 Å². The van der Waals surface area contributed by atoms with Gasteiger partial charge in [-0.3, -0.25) is 4.79 Å². The third kappa shape index (κ3) is 6.25. The van der Waals surface area contributed by atoms with Gasteiger partial charge in [-0.15, -0.1) is 0 Å². The second-order valence-corrected chi connectivity index (χ2v) is 10.5. The Morgan fingerprint density at radius 1 is 1.03 bits per heavy atom. The maximum atomic E-state index is 12.9. The van der Waals surface area contributed by atoms with Crippen molar-refractivity contribution in [2.45, 2.75) is 103 Å². The van der Waals surface area contributed by atoms with E-state index in [1.54, 1.807) is 27.7 Å². The largest absolute Gasteiger partial charge is 0.469 e. The lowest BCUT2D eigenvalue weighted by atomic mass is 9.86. The topological polar surface area (TPSA) is 94.2 Å². The van der Waals surface area contributed by atoms with Gasteiger partial charge in [0.2, 0.25) is 0 Å². The molecule has 0 spiro atoms. The molecular weight excluding hydrogens is 388 g/mol. The number of hydrogen-bond acceptors (Lipinski definition) is 6. The smallest absolute Gasteiger partial charge is 0.410 e. The van der Waals surface area contributed by atoms with Crippen molar-refractivity contribution in [1.29, 1.82) is 0 Å². The molecule has 2 rings (SSSR count). The molecule has 2 fully saturated rings. The van der Waals surface area contributed by atoms with Gasteiger partial charge in [0, 0.05) is 18.1 Å². The molecule has 8 nitrogen and oxygen atoms in total. The van der Waals surface area contributed by atoms with Crippen LogP contribution in [-0.4, -0.2) is 59.5 Å². The summed E-state index contributed by atoms with van der Waals surface area (Å²) in [5.74, 6) is -0.689. The normalized spacial score (nSPS) is 25.5. The summed E-state index contributed by atoms with van der Waals surface area (Å²) in [5, 5.41) is 2.76. The monoisotopic (exact) mass is 426 g/mol. The van der Waals surface area contributed by atoms with E-state index in [-0.39, 0.29) is 18.2 Å². The number of ether oxygens (including phenoxy) is 3. The van der Waals surface area contributed by atoms with Gasteiger partial charge in [-0.1, -0.05) is 0 Å². The summed E-state index contributed by atoms with van der Waals surface area (Å²) >= 11 is 0. The molecule has 1 N–H and O–H groups in total. The fourth-order valence-corrected chi connectivity index (χ4v) is 4.51. The van der Waals surface area contributed by atoms with Crippen LogP contribution in [0.2, 0.25) is 0 Å². The first-order valence-electron chi connectivity index (χ1n) is 10.8. The number of piperidine rings is 1. The number of fused-ring (bicyclic) bond motifs is 2. The highest BCUT2D eigenvalue weighted by Gasteiger charge is 2.51.